The molecule has 2 rings (SSSR count). The summed E-state index contributed by atoms with van der Waals surface area (Å²) in [5.41, 5.74) is -1.04. The number of nitrogens with zero attached hydrogens (tertiary/aromatic N) is 2. The van der Waals surface area contributed by atoms with Crippen LogP contribution in [0.4, 0.5) is 13.2 Å². The Hall–Kier alpha value is -1.86. The molecule has 0 spiro atoms. The number of H-pyrrole nitrogens is 2. The zero-order valence-corrected chi connectivity index (χ0v) is 6.51. The Bertz CT molecular complexity index is 526. The summed E-state index contributed by atoms with van der Waals surface area (Å²) in [4.78, 5) is 15.8. The Morgan fingerprint density at radius 3 is 2.71 bits per heavy atom. The van der Waals surface area contributed by atoms with Gasteiger partial charge >= 0.3 is 6.18 Å². The third-order valence-electron chi connectivity index (χ3n) is 1.59. The van der Waals surface area contributed by atoms with Crippen LogP contribution in [0.25, 0.3) is 11.0 Å². The molecular weight excluding hydrogens is 201 g/mol. The molecule has 0 aliphatic rings. The summed E-state index contributed by atoms with van der Waals surface area (Å²) in [5.74, 6) is -1.33. The number of aromatic nitrogens is 4. The van der Waals surface area contributed by atoms with Crippen LogP contribution in [0.1, 0.15) is 5.82 Å². The van der Waals surface area contributed by atoms with Crippen molar-refractivity contribution in [1.29, 1.82) is 0 Å². The molecule has 74 valence electrons. The number of fused-ring (bicyclic) bond motifs is 1. The van der Waals surface area contributed by atoms with Crippen molar-refractivity contribution >= 4 is 11.0 Å². The monoisotopic (exact) mass is 204 g/mol. The van der Waals surface area contributed by atoms with Crippen LogP contribution in [0.2, 0.25) is 0 Å². The molecule has 0 aliphatic carbocycles. The summed E-state index contributed by atoms with van der Waals surface area (Å²) in [6, 6.07) is 0. The fourth-order valence-electron chi connectivity index (χ4n) is 0.980. The standard InChI is InChI=1S/C6H3F3N4O/c7-6(8,9)5-11-3-2(1-10-13-3)4(14)12-5/h1H,(H2,10,11,12,13,14). The molecule has 0 saturated carbocycles. The van der Waals surface area contributed by atoms with Crippen LogP contribution in [0.15, 0.2) is 11.0 Å². The molecule has 8 heteroatoms. The number of nitrogens with one attached hydrogen (secondary N) is 2. The Kier molecular flexibility index (Phi) is 1.60. The van der Waals surface area contributed by atoms with E-state index in [9.17, 15) is 18.0 Å². The average Bonchev–Trinajstić information content (AvgIpc) is 2.50. The molecule has 2 N–H and O–H groups in total. The Morgan fingerprint density at radius 1 is 1.36 bits per heavy atom. The van der Waals surface area contributed by atoms with Crippen LogP contribution in [-0.4, -0.2) is 20.2 Å². The van der Waals surface area contributed by atoms with Crippen LogP contribution >= 0.6 is 0 Å². The van der Waals surface area contributed by atoms with Gasteiger partial charge in [0.05, 0.1) is 6.20 Å². The molecule has 2 aromatic rings. The van der Waals surface area contributed by atoms with Gasteiger partial charge in [0.25, 0.3) is 5.56 Å². The highest BCUT2D eigenvalue weighted by molar-refractivity contribution is 5.72. The summed E-state index contributed by atoms with van der Waals surface area (Å²) in [6.07, 6.45) is -3.56. The van der Waals surface area contributed by atoms with Crippen LogP contribution in [-0.2, 0) is 6.18 Å². The average molecular weight is 204 g/mol. The topological polar surface area (TPSA) is 74.4 Å². The van der Waals surface area contributed by atoms with E-state index in [-0.39, 0.29) is 11.0 Å². The summed E-state index contributed by atoms with van der Waals surface area (Å²) in [6.45, 7) is 0. The normalized spacial score (nSPS) is 12.2. The number of rotatable bonds is 0. The van der Waals surface area contributed by atoms with Crippen molar-refractivity contribution in [2.45, 2.75) is 6.18 Å². The quantitative estimate of drug-likeness (QED) is 0.662. The zero-order chi connectivity index (χ0) is 10.3. The Morgan fingerprint density at radius 2 is 2.07 bits per heavy atom. The molecule has 0 unspecified atom stereocenters. The maximum absolute atomic E-state index is 12.1. The smallest absolute Gasteiger partial charge is 0.302 e. The molecule has 0 bridgehead atoms. The Labute approximate surface area is 74.0 Å². The van der Waals surface area contributed by atoms with E-state index < -0.39 is 17.6 Å². The molecular formula is C6H3F3N4O. The van der Waals surface area contributed by atoms with E-state index in [0.717, 1.165) is 6.20 Å². The third kappa shape index (κ3) is 1.24. The van der Waals surface area contributed by atoms with E-state index >= 15 is 0 Å². The lowest BCUT2D eigenvalue weighted by Gasteiger charge is -2.03. The molecule has 5 nitrogen and oxygen atoms in total. The Balaban J connectivity index is 2.77. The minimum atomic E-state index is -4.67. The van der Waals surface area contributed by atoms with Gasteiger partial charge in [-0.2, -0.15) is 18.3 Å². The van der Waals surface area contributed by atoms with Gasteiger partial charge in [-0.05, 0) is 0 Å². The highest BCUT2D eigenvalue weighted by Gasteiger charge is 2.34. The molecule has 2 aromatic heterocycles. The van der Waals surface area contributed by atoms with Crippen molar-refractivity contribution in [3.8, 4) is 0 Å². The van der Waals surface area contributed by atoms with Crippen molar-refractivity contribution in [2.75, 3.05) is 0 Å². The molecule has 0 fully saturated rings. The highest BCUT2D eigenvalue weighted by Crippen LogP contribution is 2.25. The first-order valence-electron chi connectivity index (χ1n) is 3.49. The van der Waals surface area contributed by atoms with Gasteiger partial charge in [-0.25, -0.2) is 4.98 Å². The summed E-state index contributed by atoms with van der Waals surface area (Å²) >= 11 is 0. The van der Waals surface area contributed by atoms with Gasteiger partial charge < -0.3 is 4.98 Å². The van der Waals surface area contributed by atoms with Crippen molar-refractivity contribution in [3.63, 3.8) is 0 Å². The van der Waals surface area contributed by atoms with Gasteiger partial charge in [0.2, 0.25) is 5.82 Å². The van der Waals surface area contributed by atoms with Crippen molar-refractivity contribution in [3.05, 3.63) is 22.4 Å². The summed E-state index contributed by atoms with van der Waals surface area (Å²) in [5, 5.41) is 5.60. The molecule has 14 heavy (non-hydrogen) atoms. The first kappa shape index (κ1) is 8.73. The van der Waals surface area contributed by atoms with Crippen molar-refractivity contribution in [1.82, 2.24) is 20.2 Å². The van der Waals surface area contributed by atoms with E-state index in [0.29, 0.717) is 0 Å². The number of halogens is 3. The number of aromatic amines is 2. The van der Waals surface area contributed by atoms with Crippen LogP contribution in [0.5, 0.6) is 0 Å². The minimum Gasteiger partial charge on any atom is -0.302 e. The molecule has 0 saturated heterocycles. The first-order chi connectivity index (χ1) is 6.48. The molecule has 0 atom stereocenters. The molecule has 0 aliphatic heterocycles. The van der Waals surface area contributed by atoms with Crippen LogP contribution in [0, 0.1) is 0 Å². The van der Waals surface area contributed by atoms with E-state index in [4.69, 9.17) is 0 Å². The van der Waals surface area contributed by atoms with Gasteiger partial charge in [-0.3, -0.25) is 9.89 Å². The van der Waals surface area contributed by atoms with Crippen molar-refractivity contribution < 1.29 is 13.2 Å². The van der Waals surface area contributed by atoms with E-state index in [1.807, 2.05) is 0 Å². The second-order valence-electron chi connectivity index (χ2n) is 2.54. The maximum Gasteiger partial charge on any atom is 0.449 e. The van der Waals surface area contributed by atoms with E-state index in [2.05, 4.69) is 15.2 Å². The second-order valence-corrected chi connectivity index (χ2v) is 2.54. The van der Waals surface area contributed by atoms with Crippen LogP contribution < -0.4 is 5.56 Å². The van der Waals surface area contributed by atoms with E-state index in [1.54, 1.807) is 4.98 Å². The zero-order valence-electron chi connectivity index (χ0n) is 6.51. The van der Waals surface area contributed by atoms with Crippen LogP contribution in [0.3, 0.4) is 0 Å². The fourth-order valence-corrected chi connectivity index (χ4v) is 0.980. The lowest BCUT2D eigenvalue weighted by atomic mass is 10.4. The lowest BCUT2D eigenvalue weighted by Crippen LogP contribution is -2.18. The molecule has 0 aromatic carbocycles. The summed E-state index contributed by atoms with van der Waals surface area (Å²) in [7, 11) is 0. The summed E-state index contributed by atoms with van der Waals surface area (Å²) < 4.78 is 36.4. The highest BCUT2D eigenvalue weighted by atomic mass is 19.4. The fraction of sp³-hybridized carbons (Fsp3) is 0.167. The number of hydrogen-bond donors (Lipinski definition) is 2. The van der Waals surface area contributed by atoms with Gasteiger partial charge in [0.15, 0.2) is 5.65 Å². The van der Waals surface area contributed by atoms with Gasteiger partial charge in [-0.1, -0.05) is 0 Å². The van der Waals surface area contributed by atoms with Gasteiger partial charge in [0, 0.05) is 0 Å². The predicted octanol–water partition coefficient (Wildman–Crippen LogP) is 0.665. The van der Waals surface area contributed by atoms with Crippen molar-refractivity contribution in [2.24, 2.45) is 0 Å². The SMILES string of the molecule is O=c1[nH]c(C(F)(F)F)nc2[nH]ncc12. The maximum atomic E-state index is 12.1. The largest absolute Gasteiger partial charge is 0.449 e. The predicted molar refractivity (Wildman–Crippen MR) is 39.5 cm³/mol. The molecule has 0 amide bonds. The second kappa shape index (κ2) is 2.56. The first-order valence-corrected chi connectivity index (χ1v) is 3.49. The van der Waals surface area contributed by atoms with E-state index in [1.165, 1.54) is 0 Å². The minimum absolute atomic E-state index is 0.00185. The molecule has 2 heterocycles. The lowest BCUT2D eigenvalue weighted by molar-refractivity contribution is -0.144. The number of alkyl halides is 3. The molecule has 0 radical (unpaired) electrons. The van der Waals surface area contributed by atoms with Gasteiger partial charge in [0.1, 0.15) is 5.39 Å². The van der Waals surface area contributed by atoms with Gasteiger partial charge in [-0.15, -0.1) is 0 Å². The third-order valence-corrected chi connectivity index (χ3v) is 1.59. The number of hydrogen-bond acceptors (Lipinski definition) is 3.